The van der Waals surface area contributed by atoms with Gasteiger partial charge in [0.15, 0.2) is 0 Å². The standard InChI is InChI=1S/C10H15NO2.ClH/c1-7-2-4-8(5-3-7)10(13)9(11)6-12;/h2-5,9-10,12-13H,6,11H2,1H3;1H/t9-,10+;/m1./s1. The number of hydrogen-bond acceptors (Lipinski definition) is 3. The van der Waals surface area contributed by atoms with Crippen LogP contribution in [0.2, 0.25) is 0 Å². The molecule has 80 valence electrons. The van der Waals surface area contributed by atoms with Crippen molar-refractivity contribution in [2.45, 2.75) is 19.1 Å². The van der Waals surface area contributed by atoms with Crippen LogP contribution >= 0.6 is 12.4 Å². The van der Waals surface area contributed by atoms with Gasteiger partial charge in [0.1, 0.15) is 0 Å². The van der Waals surface area contributed by atoms with E-state index in [2.05, 4.69) is 0 Å². The molecular weight excluding hydrogens is 202 g/mol. The fourth-order valence-corrected chi connectivity index (χ4v) is 1.11. The summed E-state index contributed by atoms with van der Waals surface area (Å²) in [5.74, 6) is 0. The van der Waals surface area contributed by atoms with Gasteiger partial charge in [-0.1, -0.05) is 29.8 Å². The van der Waals surface area contributed by atoms with Gasteiger partial charge in [-0.25, -0.2) is 0 Å². The molecule has 0 aliphatic rings. The van der Waals surface area contributed by atoms with E-state index < -0.39 is 12.1 Å². The minimum atomic E-state index is -0.786. The first-order valence-electron chi connectivity index (χ1n) is 4.26. The van der Waals surface area contributed by atoms with Crippen LogP contribution < -0.4 is 5.73 Å². The molecule has 1 aromatic rings. The Bertz CT molecular complexity index is 263. The van der Waals surface area contributed by atoms with Crippen LogP contribution in [0, 0.1) is 6.92 Å². The largest absolute Gasteiger partial charge is 0.395 e. The molecule has 1 rings (SSSR count). The highest BCUT2D eigenvalue weighted by molar-refractivity contribution is 5.85. The van der Waals surface area contributed by atoms with E-state index in [1.807, 2.05) is 31.2 Å². The van der Waals surface area contributed by atoms with Gasteiger partial charge in [0.25, 0.3) is 0 Å². The molecule has 0 unspecified atom stereocenters. The highest BCUT2D eigenvalue weighted by Gasteiger charge is 2.14. The second-order valence-electron chi connectivity index (χ2n) is 3.20. The zero-order valence-electron chi connectivity index (χ0n) is 8.05. The van der Waals surface area contributed by atoms with Gasteiger partial charge in [0, 0.05) is 0 Å². The van der Waals surface area contributed by atoms with E-state index in [0.29, 0.717) is 0 Å². The third-order valence-electron chi connectivity index (χ3n) is 2.04. The lowest BCUT2D eigenvalue weighted by molar-refractivity contribution is 0.109. The van der Waals surface area contributed by atoms with Gasteiger partial charge in [-0.2, -0.15) is 0 Å². The Morgan fingerprint density at radius 3 is 2.21 bits per heavy atom. The first kappa shape index (κ1) is 13.4. The van der Waals surface area contributed by atoms with Crippen LogP contribution in [0.25, 0.3) is 0 Å². The molecule has 0 aliphatic heterocycles. The summed E-state index contributed by atoms with van der Waals surface area (Å²) in [7, 11) is 0. The van der Waals surface area contributed by atoms with Crippen molar-refractivity contribution in [2.75, 3.05) is 6.61 Å². The van der Waals surface area contributed by atoms with Gasteiger partial charge in [-0.3, -0.25) is 0 Å². The molecule has 0 saturated heterocycles. The first-order chi connectivity index (χ1) is 6.15. The molecule has 0 saturated carbocycles. The van der Waals surface area contributed by atoms with Crippen LogP contribution in [0.4, 0.5) is 0 Å². The smallest absolute Gasteiger partial charge is 0.0963 e. The maximum Gasteiger partial charge on any atom is 0.0963 e. The third-order valence-corrected chi connectivity index (χ3v) is 2.04. The molecule has 0 amide bonds. The summed E-state index contributed by atoms with van der Waals surface area (Å²) in [5.41, 5.74) is 7.36. The minimum Gasteiger partial charge on any atom is -0.395 e. The van der Waals surface area contributed by atoms with E-state index in [1.54, 1.807) is 0 Å². The Hall–Kier alpha value is -0.610. The highest BCUT2D eigenvalue weighted by Crippen LogP contribution is 2.15. The van der Waals surface area contributed by atoms with Crippen molar-refractivity contribution >= 4 is 12.4 Å². The van der Waals surface area contributed by atoms with E-state index in [9.17, 15) is 5.11 Å². The number of hydrogen-bond donors (Lipinski definition) is 3. The number of aliphatic hydroxyl groups excluding tert-OH is 2. The fourth-order valence-electron chi connectivity index (χ4n) is 1.11. The molecule has 0 fully saturated rings. The van der Waals surface area contributed by atoms with Crippen LogP contribution in [0.15, 0.2) is 24.3 Å². The van der Waals surface area contributed by atoms with Crippen molar-refractivity contribution in [1.82, 2.24) is 0 Å². The second kappa shape index (κ2) is 5.98. The van der Waals surface area contributed by atoms with Gasteiger partial charge in [-0.05, 0) is 12.5 Å². The molecule has 1 aromatic carbocycles. The van der Waals surface area contributed by atoms with Crippen molar-refractivity contribution < 1.29 is 10.2 Å². The molecule has 14 heavy (non-hydrogen) atoms. The average Bonchev–Trinajstić information content (AvgIpc) is 2.17. The number of nitrogens with two attached hydrogens (primary N) is 1. The zero-order valence-corrected chi connectivity index (χ0v) is 8.87. The molecule has 0 heterocycles. The number of rotatable bonds is 3. The van der Waals surface area contributed by atoms with E-state index in [1.165, 1.54) is 0 Å². The zero-order chi connectivity index (χ0) is 9.84. The summed E-state index contributed by atoms with van der Waals surface area (Å²) in [5, 5.41) is 18.3. The topological polar surface area (TPSA) is 66.5 Å². The number of aliphatic hydroxyl groups is 2. The summed E-state index contributed by atoms with van der Waals surface area (Å²) < 4.78 is 0. The molecule has 3 nitrogen and oxygen atoms in total. The maximum absolute atomic E-state index is 9.59. The van der Waals surface area contributed by atoms with Crippen LogP contribution in [0.3, 0.4) is 0 Å². The molecule has 0 spiro atoms. The Labute approximate surface area is 90.0 Å². The number of benzene rings is 1. The van der Waals surface area contributed by atoms with E-state index >= 15 is 0 Å². The molecule has 0 radical (unpaired) electrons. The number of aryl methyl sites for hydroxylation is 1. The van der Waals surface area contributed by atoms with Gasteiger partial charge in [0.05, 0.1) is 18.8 Å². The molecule has 0 aliphatic carbocycles. The summed E-state index contributed by atoms with van der Waals surface area (Å²) in [4.78, 5) is 0. The molecule has 0 bridgehead atoms. The van der Waals surface area contributed by atoms with Crippen LogP contribution in [-0.2, 0) is 0 Å². The van der Waals surface area contributed by atoms with Crippen molar-refractivity contribution in [2.24, 2.45) is 5.73 Å². The summed E-state index contributed by atoms with van der Waals surface area (Å²) >= 11 is 0. The second-order valence-corrected chi connectivity index (χ2v) is 3.20. The van der Waals surface area contributed by atoms with Crippen LogP contribution in [0.5, 0.6) is 0 Å². The van der Waals surface area contributed by atoms with Crippen LogP contribution in [-0.4, -0.2) is 22.9 Å². The monoisotopic (exact) mass is 217 g/mol. The van der Waals surface area contributed by atoms with E-state index in [4.69, 9.17) is 10.8 Å². The van der Waals surface area contributed by atoms with Gasteiger partial charge < -0.3 is 15.9 Å². The Morgan fingerprint density at radius 2 is 1.79 bits per heavy atom. The van der Waals surface area contributed by atoms with E-state index in [-0.39, 0.29) is 19.0 Å². The maximum atomic E-state index is 9.59. The van der Waals surface area contributed by atoms with Crippen molar-refractivity contribution in [1.29, 1.82) is 0 Å². The predicted molar refractivity (Wildman–Crippen MR) is 58.4 cm³/mol. The first-order valence-corrected chi connectivity index (χ1v) is 4.26. The Kier molecular flexibility index (Phi) is 5.72. The number of halogens is 1. The van der Waals surface area contributed by atoms with Crippen molar-refractivity contribution in [3.8, 4) is 0 Å². The van der Waals surface area contributed by atoms with Crippen LogP contribution in [0.1, 0.15) is 17.2 Å². The molecule has 4 N–H and O–H groups in total. The quantitative estimate of drug-likeness (QED) is 0.701. The lowest BCUT2D eigenvalue weighted by Crippen LogP contribution is -2.31. The van der Waals surface area contributed by atoms with Crippen molar-refractivity contribution in [3.05, 3.63) is 35.4 Å². The lowest BCUT2D eigenvalue weighted by Gasteiger charge is -2.16. The molecule has 2 atom stereocenters. The van der Waals surface area contributed by atoms with Gasteiger partial charge in [0.2, 0.25) is 0 Å². The third kappa shape index (κ3) is 3.27. The van der Waals surface area contributed by atoms with Crippen molar-refractivity contribution in [3.63, 3.8) is 0 Å². The van der Waals surface area contributed by atoms with E-state index in [0.717, 1.165) is 11.1 Å². The average molecular weight is 218 g/mol. The minimum absolute atomic E-state index is 0. The van der Waals surface area contributed by atoms with Gasteiger partial charge in [-0.15, -0.1) is 12.4 Å². The Morgan fingerprint density at radius 1 is 1.29 bits per heavy atom. The highest BCUT2D eigenvalue weighted by atomic mass is 35.5. The Balaban J connectivity index is 0.00000169. The normalized spacial score (nSPS) is 14.3. The SMILES string of the molecule is Cc1ccc([C@H](O)[C@H](N)CO)cc1.Cl. The molecular formula is C10H16ClNO2. The summed E-state index contributed by atoms with van der Waals surface area (Å²) in [6.45, 7) is 1.76. The summed E-state index contributed by atoms with van der Waals surface area (Å²) in [6, 6.07) is 6.83. The molecule has 0 aromatic heterocycles. The molecule has 4 heteroatoms. The van der Waals surface area contributed by atoms with Gasteiger partial charge >= 0.3 is 0 Å². The lowest BCUT2D eigenvalue weighted by atomic mass is 10.0. The fraction of sp³-hybridized carbons (Fsp3) is 0.400. The summed E-state index contributed by atoms with van der Waals surface area (Å²) in [6.07, 6.45) is -0.786. The predicted octanol–water partition coefficient (Wildman–Crippen LogP) is 0.770.